The Balaban J connectivity index is 2.22. The Bertz CT molecular complexity index is 449. The van der Waals surface area contributed by atoms with Gasteiger partial charge in [0.15, 0.2) is 5.54 Å². The van der Waals surface area contributed by atoms with Gasteiger partial charge in [0.2, 0.25) is 0 Å². The second-order valence-corrected chi connectivity index (χ2v) is 5.62. The van der Waals surface area contributed by atoms with E-state index < -0.39 is 11.5 Å². The number of rotatable bonds is 6. The molecule has 1 heterocycles. The molecule has 1 aromatic carbocycles. The predicted molar refractivity (Wildman–Crippen MR) is 79.7 cm³/mol. The van der Waals surface area contributed by atoms with Crippen molar-refractivity contribution in [2.24, 2.45) is 5.92 Å². The van der Waals surface area contributed by atoms with Gasteiger partial charge in [-0.1, -0.05) is 43.7 Å². The van der Waals surface area contributed by atoms with Crippen molar-refractivity contribution in [3.8, 4) is 0 Å². The molecule has 1 aliphatic rings. The van der Waals surface area contributed by atoms with E-state index >= 15 is 0 Å². The molecule has 1 aromatic rings. The molecule has 4 nitrogen and oxygen atoms in total. The number of nitrogens with zero attached hydrogens (tertiary/aromatic N) is 1. The molecule has 2 N–H and O–H groups in total. The quantitative estimate of drug-likeness (QED) is 0.833. The molecule has 0 radical (unpaired) electrons. The van der Waals surface area contributed by atoms with Crippen molar-refractivity contribution in [2.45, 2.75) is 25.3 Å². The highest BCUT2D eigenvalue weighted by Crippen LogP contribution is 2.27. The Hall–Kier alpha value is -1.39. The Labute approximate surface area is 120 Å². The molecule has 1 saturated heterocycles. The first-order valence-corrected chi connectivity index (χ1v) is 7.32. The third kappa shape index (κ3) is 2.86. The number of likely N-dealkylation sites (N-methyl/N-ethyl adjacent to an activating group) is 1. The van der Waals surface area contributed by atoms with Gasteiger partial charge in [-0.3, -0.25) is 0 Å². The Morgan fingerprint density at radius 2 is 2.15 bits per heavy atom. The van der Waals surface area contributed by atoms with Crippen molar-refractivity contribution in [1.29, 1.82) is 0 Å². The molecule has 2 atom stereocenters. The van der Waals surface area contributed by atoms with Crippen molar-refractivity contribution in [3.05, 3.63) is 35.9 Å². The number of likely N-dealkylation sites (tertiary alicyclic amines) is 1. The van der Waals surface area contributed by atoms with E-state index in [0.29, 0.717) is 12.5 Å². The van der Waals surface area contributed by atoms with Crippen molar-refractivity contribution in [3.63, 3.8) is 0 Å². The second-order valence-electron chi connectivity index (χ2n) is 5.62. The van der Waals surface area contributed by atoms with E-state index in [0.717, 1.165) is 18.7 Å². The number of carboxylic acid groups (broad SMARTS) is 1. The monoisotopic (exact) mass is 276 g/mol. The fraction of sp³-hybridized carbons (Fsp3) is 0.562. The maximum absolute atomic E-state index is 11.9. The van der Waals surface area contributed by atoms with Gasteiger partial charge in [0.1, 0.15) is 0 Å². The van der Waals surface area contributed by atoms with Crippen molar-refractivity contribution >= 4 is 5.97 Å². The molecule has 0 aliphatic carbocycles. The van der Waals surface area contributed by atoms with E-state index in [2.05, 4.69) is 17.1 Å². The molecule has 0 aromatic heterocycles. The summed E-state index contributed by atoms with van der Waals surface area (Å²) in [6, 6.07) is 9.47. The lowest BCUT2D eigenvalue weighted by Crippen LogP contribution is -2.54. The van der Waals surface area contributed by atoms with Gasteiger partial charge < -0.3 is 15.3 Å². The zero-order chi connectivity index (χ0) is 14.6. The van der Waals surface area contributed by atoms with Gasteiger partial charge >= 0.3 is 5.97 Å². The summed E-state index contributed by atoms with van der Waals surface area (Å²) < 4.78 is 0. The smallest absolute Gasteiger partial charge is 0.329 e. The SMILES string of the molecule is CCC1CCN(CC(NC)(C(=O)O)c2ccccc2)C1. The molecule has 1 aliphatic heterocycles. The molecule has 110 valence electrons. The number of carboxylic acids is 1. The number of benzene rings is 1. The zero-order valence-corrected chi connectivity index (χ0v) is 12.3. The van der Waals surface area contributed by atoms with Gasteiger partial charge in [-0.05, 0) is 31.5 Å². The fourth-order valence-corrected chi connectivity index (χ4v) is 3.06. The van der Waals surface area contributed by atoms with Gasteiger partial charge in [0.25, 0.3) is 0 Å². The molecular weight excluding hydrogens is 252 g/mol. The summed E-state index contributed by atoms with van der Waals surface area (Å²) in [4.78, 5) is 14.2. The van der Waals surface area contributed by atoms with Gasteiger partial charge in [-0.15, -0.1) is 0 Å². The van der Waals surface area contributed by atoms with Crippen LogP contribution in [0.3, 0.4) is 0 Å². The molecule has 2 rings (SSSR count). The fourth-order valence-electron chi connectivity index (χ4n) is 3.06. The number of aliphatic carboxylic acids is 1. The molecule has 2 unspecified atom stereocenters. The summed E-state index contributed by atoms with van der Waals surface area (Å²) in [6.45, 7) is 4.70. The lowest BCUT2D eigenvalue weighted by atomic mass is 9.89. The summed E-state index contributed by atoms with van der Waals surface area (Å²) in [5.41, 5.74) is -0.209. The number of hydrogen-bond acceptors (Lipinski definition) is 3. The van der Waals surface area contributed by atoms with Crippen molar-refractivity contribution in [2.75, 3.05) is 26.7 Å². The van der Waals surface area contributed by atoms with Crippen LogP contribution in [-0.2, 0) is 10.3 Å². The number of nitrogens with one attached hydrogen (secondary N) is 1. The van der Waals surface area contributed by atoms with Crippen LogP contribution in [0.15, 0.2) is 30.3 Å². The zero-order valence-electron chi connectivity index (χ0n) is 12.3. The van der Waals surface area contributed by atoms with Crippen LogP contribution in [0.25, 0.3) is 0 Å². The highest BCUT2D eigenvalue weighted by Gasteiger charge is 2.41. The van der Waals surface area contributed by atoms with Crippen LogP contribution in [0.5, 0.6) is 0 Å². The Kier molecular flexibility index (Phi) is 4.78. The Morgan fingerprint density at radius 1 is 1.45 bits per heavy atom. The van der Waals surface area contributed by atoms with Gasteiger partial charge in [0.05, 0.1) is 0 Å². The molecule has 4 heteroatoms. The van der Waals surface area contributed by atoms with Crippen LogP contribution in [0, 0.1) is 5.92 Å². The van der Waals surface area contributed by atoms with Gasteiger partial charge in [-0.25, -0.2) is 4.79 Å². The highest BCUT2D eigenvalue weighted by molar-refractivity contribution is 5.81. The standard InChI is InChI=1S/C16H24N2O2/c1-3-13-9-10-18(11-13)12-16(17-2,15(19)20)14-7-5-4-6-8-14/h4-8,13,17H,3,9-12H2,1-2H3,(H,19,20). The summed E-state index contributed by atoms with van der Waals surface area (Å²) in [6.07, 6.45) is 2.34. The molecule has 0 amide bonds. The average Bonchev–Trinajstić information content (AvgIpc) is 2.93. The maximum atomic E-state index is 11.9. The minimum Gasteiger partial charge on any atom is -0.480 e. The number of carbonyl (C=O) groups is 1. The Morgan fingerprint density at radius 3 is 2.65 bits per heavy atom. The van der Waals surface area contributed by atoms with E-state index in [1.54, 1.807) is 7.05 Å². The molecule has 0 bridgehead atoms. The van der Waals surface area contributed by atoms with E-state index in [9.17, 15) is 9.90 Å². The first-order chi connectivity index (χ1) is 9.62. The van der Waals surface area contributed by atoms with Crippen LogP contribution >= 0.6 is 0 Å². The van der Waals surface area contributed by atoms with Crippen LogP contribution in [0.2, 0.25) is 0 Å². The van der Waals surface area contributed by atoms with Gasteiger partial charge in [-0.2, -0.15) is 0 Å². The first-order valence-electron chi connectivity index (χ1n) is 7.32. The van der Waals surface area contributed by atoms with Crippen molar-refractivity contribution in [1.82, 2.24) is 10.2 Å². The molecule has 0 spiro atoms. The molecule has 0 saturated carbocycles. The first kappa shape index (κ1) is 15.0. The topological polar surface area (TPSA) is 52.6 Å². The van der Waals surface area contributed by atoms with E-state index in [4.69, 9.17) is 0 Å². The lowest BCUT2D eigenvalue weighted by molar-refractivity contribution is -0.146. The predicted octanol–water partition coefficient (Wildman–Crippen LogP) is 1.92. The van der Waals surface area contributed by atoms with Crippen molar-refractivity contribution < 1.29 is 9.90 Å². The summed E-state index contributed by atoms with van der Waals surface area (Å²) in [5.74, 6) is -0.111. The minimum absolute atomic E-state index is 0.513. The third-order valence-electron chi connectivity index (χ3n) is 4.47. The van der Waals surface area contributed by atoms with E-state index in [1.807, 2.05) is 30.3 Å². The second kappa shape index (κ2) is 6.37. The van der Waals surface area contributed by atoms with Crippen LogP contribution < -0.4 is 5.32 Å². The average molecular weight is 276 g/mol. The molecule has 1 fully saturated rings. The van der Waals surface area contributed by atoms with Crippen LogP contribution in [-0.4, -0.2) is 42.7 Å². The highest BCUT2D eigenvalue weighted by atomic mass is 16.4. The summed E-state index contributed by atoms with van der Waals surface area (Å²) >= 11 is 0. The summed E-state index contributed by atoms with van der Waals surface area (Å²) in [7, 11) is 1.73. The normalized spacial score (nSPS) is 22.6. The van der Waals surface area contributed by atoms with Gasteiger partial charge in [0, 0.05) is 13.1 Å². The molecule has 20 heavy (non-hydrogen) atoms. The third-order valence-corrected chi connectivity index (χ3v) is 4.47. The maximum Gasteiger partial charge on any atom is 0.329 e. The minimum atomic E-state index is -1.02. The number of hydrogen-bond donors (Lipinski definition) is 2. The van der Waals surface area contributed by atoms with Crippen LogP contribution in [0.1, 0.15) is 25.3 Å². The van der Waals surface area contributed by atoms with E-state index in [-0.39, 0.29) is 0 Å². The summed E-state index contributed by atoms with van der Waals surface area (Å²) in [5, 5.41) is 12.8. The largest absolute Gasteiger partial charge is 0.480 e. The van der Waals surface area contributed by atoms with Crippen LogP contribution in [0.4, 0.5) is 0 Å². The lowest BCUT2D eigenvalue weighted by Gasteiger charge is -2.33. The van der Waals surface area contributed by atoms with E-state index in [1.165, 1.54) is 12.8 Å². The molecular formula is C16H24N2O2.